The first-order valence-corrected chi connectivity index (χ1v) is 7.25. The Hall–Kier alpha value is -2.12. The molecule has 1 aliphatic carbocycles. The van der Waals surface area contributed by atoms with E-state index in [9.17, 15) is 13.2 Å². The Labute approximate surface area is 125 Å². The van der Waals surface area contributed by atoms with Crippen LogP contribution in [0.3, 0.4) is 0 Å². The largest absolute Gasteiger partial charge is 0.453 e. The van der Waals surface area contributed by atoms with Gasteiger partial charge >= 0.3 is 6.18 Å². The molecule has 22 heavy (non-hydrogen) atoms. The van der Waals surface area contributed by atoms with Crippen LogP contribution in [-0.2, 0) is 6.18 Å². The van der Waals surface area contributed by atoms with Gasteiger partial charge < -0.3 is 5.32 Å². The van der Waals surface area contributed by atoms with Crippen LogP contribution < -0.4 is 5.32 Å². The molecule has 2 heterocycles. The lowest BCUT2D eigenvalue weighted by atomic mass is 9.97. The Bertz CT molecular complexity index is 689. The van der Waals surface area contributed by atoms with Gasteiger partial charge in [-0.15, -0.1) is 15.3 Å². The molecule has 2 aromatic rings. The zero-order valence-electron chi connectivity index (χ0n) is 11.9. The van der Waals surface area contributed by atoms with Gasteiger partial charge in [-0.1, -0.05) is 11.6 Å². The number of fused-ring (bicyclic) bond motifs is 1. The van der Waals surface area contributed by atoms with Crippen molar-refractivity contribution < 1.29 is 13.2 Å². The molecule has 0 saturated carbocycles. The van der Waals surface area contributed by atoms with Crippen LogP contribution >= 0.6 is 0 Å². The van der Waals surface area contributed by atoms with Gasteiger partial charge in [0.15, 0.2) is 5.65 Å². The Morgan fingerprint density at radius 3 is 2.77 bits per heavy atom. The minimum Gasteiger partial charge on any atom is -0.368 e. The fourth-order valence-electron chi connectivity index (χ4n) is 2.54. The summed E-state index contributed by atoms with van der Waals surface area (Å²) in [6.45, 7) is 0.647. The molecule has 0 amide bonds. The zero-order chi connectivity index (χ0) is 15.6. The van der Waals surface area contributed by atoms with Gasteiger partial charge in [0.05, 0.1) is 0 Å². The molecular formula is C14H16F3N5. The summed E-state index contributed by atoms with van der Waals surface area (Å²) < 4.78 is 39.1. The maximum Gasteiger partial charge on any atom is 0.453 e. The number of nitrogens with zero attached hydrogens (tertiary/aromatic N) is 4. The normalized spacial score (nSPS) is 15.9. The second-order valence-corrected chi connectivity index (χ2v) is 5.29. The molecule has 0 bridgehead atoms. The van der Waals surface area contributed by atoms with Crippen molar-refractivity contribution >= 4 is 11.5 Å². The molecule has 0 aromatic carbocycles. The lowest BCUT2D eigenvalue weighted by molar-refractivity contribution is -0.146. The van der Waals surface area contributed by atoms with Crippen LogP contribution in [0.1, 0.15) is 37.9 Å². The van der Waals surface area contributed by atoms with E-state index in [0.29, 0.717) is 12.4 Å². The van der Waals surface area contributed by atoms with Crippen molar-refractivity contribution in [3.05, 3.63) is 29.6 Å². The first-order valence-electron chi connectivity index (χ1n) is 7.25. The highest BCUT2D eigenvalue weighted by molar-refractivity contribution is 5.44. The van der Waals surface area contributed by atoms with Crippen molar-refractivity contribution in [1.82, 2.24) is 19.8 Å². The molecule has 5 nitrogen and oxygen atoms in total. The summed E-state index contributed by atoms with van der Waals surface area (Å²) in [5, 5.41) is 13.6. The molecule has 0 fully saturated rings. The summed E-state index contributed by atoms with van der Waals surface area (Å²) in [6, 6.07) is 3.08. The van der Waals surface area contributed by atoms with Crippen molar-refractivity contribution in [2.24, 2.45) is 0 Å². The predicted molar refractivity (Wildman–Crippen MR) is 75.4 cm³/mol. The van der Waals surface area contributed by atoms with E-state index in [-0.39, 0.29) is 5.65 Å². The summed E-state index contributed by atoms with van der Waals surface area (Å²) >= 11 is 0. The zero-order valence-corrected chi connectivity index (χ0v) is 11.9. The van der Waals surface area contributed by atoms with Crippen molar-refractivity contribution in [2.45, 2.75) is 38.3 Å². The van der Waals surface area contributed by atoms with E-state index in [1.807, 2.05) is 0 Å². The first-order chi connectivity index (χ1) is 10.5. The van der Waals surface area contributed by atoms with Crippen LogP contribution in [0.2, 0.25) is 0 Å². The highest BCUT2D eigenvalue weighted by Gasteiger charge is 2.37. The van der Waals surface area contributed by atoms with Crippen LogP contribution in [0.5, 0.6) is 0 Å². The Balaban J connectivity index is 1.70. The molecule has 0 saturated heterocycles. The number of rotatable bonds is 4. The van der Waals surface area contributed by atoms with E-state index >= 15 is 0 Å². The number of halogens is 3. The molecule has 1 N–H and O–H groups in total. The van der Waals surface area contributed by atoms with E-state index in [4.69, 9.17) is 0 Å². The highest BCUT2D eigenvalue weighted by atomic mass is 19.4. The van der Waals surface area contributed by atoms with E-state index < -0.39 is 12.0 Å². The van der Waals surface area contributed by atoms with E-state index in [0.717, 1.165) is 23.8 Å². The average Bonchev–Trinajstić information content (AvgIpc) is 2.91. The minimum atomic E-state index is -4.57. The topological polar surface area (TPSA) is 55.1 Å². The summed E-state index contributed by atoms with van der Waals surface area (Å²) in [4.78, 5) is 0. The Morgan fingerprint density at radius 2 is 2.05 bits per heavy atom. The lowest BCUT2D eigenvalue weighted by Crippen LogP contribution is -2.14. The molecule has 8 heteroatoms. The summed E-state index contributed by atoms with van der Waals surface area (Å²) in [5.74, 6) is -0.727. The second-order valence-electron chi connectivity index (χ2n) is 5.29. The van der Waals surface area contributed by atoms with E-state index in [2.05, 4.69) is 26.7 Å². The van der Waals surface area contributed by atoms with Crippen LogP contribution in [0.25, 0.3) is 5.65 Å². The average molecular weight is 311 g/mol. The number of aromatic nitrogens is 4. The third kappa shape index (κ3) is 3.20. The molecule has 0 unspecified atom stereocenters. The summed E-state index contributed by atoms with van der Waals surface area (Å²) in [5.41, 5.74) is 1.48. The van der Waals surface area contributed by atoms with Gasteiger partial charge in [-0.25, -0.2) is 0 Å². The van der Waals surface area contributed by atoms with E-state index in [1.54, 1.807) is 6.07 Å². The lowest BCUT2D eigenvalue weighted by Gasteiger charge is -2.13. The van der Waals surface area contributed by atoms with Gasteiger partial charge in [0, 0.05) is 6.54 Å². The fraction of sp³-hybridized carbons (Fsp3) is 0.500. The van der Waals surface area contributed by atoms with Gasteiger partial charge in [0.1, 0.15) is 5.82 Å². The Morgan fingerprint density at radius 1 is 1.18 bits per heavy atom. The van der Waals surface area contributed by atoms with Gasteiger partial charge in [-0.2, -0.15) is 17.7 Å². The van der Waals surface area contributed by atoms with Crippen molar-refractivity contribution in [2.75, 3.05) is 11.9 Å². The quantitative estimate of drug-likeness (QED) is 0.879. The SMILES string of the molecule is FC(F)(F)c1nnc2ccc(NCCC3=CCCCC3)nn12. The van der Waals surface area contributed by atoms with Crippen LogP contribution in [0, 0.1) is 0 Å². The van der Waals surface area contributed by atoms with Crippen LogP contribution in [0.15, 0.2) is 23.8 Å². The molecular weight excluding hydrogens is 295 g/mol. The number of allylic oxidation sites excluding steroid dienone is 1. The number of hydrogen-bond acceptors (Lipinski definition) is 4. The molecule has 0 atom stereocenters. The van der Waals surface area contributed by atoms with Crippen molar-refractivity contribution in [3.63, 3.8) is 0 Å². The van der Waals surface area contributed by atoms with Gasteiger partial charge in [-0.05, 0) is 44.2 Å². The van der Waals surface area contributed by atoms with Crippen LogP contribution in [-0.4, -0.2) is 26.4 Å². The molecule has 0 spiro atoms. The highest BCUT2D eigenvalue weighted by Crippen LogP contribution is 2.27. The van der Waals surface area contributed by atoms with Gasteiger partial charge in [0.2, 0.25) is 0 Å². The van der Waals surface area contributed by atoms with Gasteiger partial charge in [0.25, 0.3) is 5.82 Å². The third-order valence-corrected chi connectivity index (χ3v) is 3.65. The Kier molecular flexibility index (Phi) is 4.00. The molecule has 0 radical (unpaired) electrons. The molecule has 118 valence electrons. The van der Waals surface area contributed by atoms with Crippen molar-refractivity contribution in [3.8, 4) is 0 Å². The maximum atomic E-state index is 12.8. The number of nitrogens with one attached hydrogen (secondary N) is 1. The van der Waals surface area contributed by atoms with Crippen LogP contribution in [0.4, 0.5) is 19.0 Å². The fourth-order valence-corrected chi connectivity index (χ4v) is 2.54. The summed E-state index contributed by atoms with van der Waals surface area (Å²) in [6.07, 6.45) is 3.25. The molecule has 2 aromatic heterocycles. The van der Waals surface area contributed by atoms with Crippen molar-refractivity contribution in [1.29, 1.82) is 0 Å². The molecule has 1 aliphatic rings. The number of alkyl halides is 3. The third-order valence-electron chi connectivity index (χ3n) is 3.65. The number of anilines is 1. The standard InChI is InChI=1S/C14H16F3N5/c15-14(16,17)13-20-19-12-7-6-11(21-22(12)13)18-9-8-10-4-2-1-3-5-10/h4,6-7H,1-3,5,8-9H2,(H,18,21). The maximum absolute atomic E-state index is 12.8. The second kappa shape index (κ2) is 5.94. The van der Waals surface area contributed by atoms with Gasteiger partial charge in [-0.3, -0.25) is 0 Å². The summed E-state index contributed by atoms with van der Waals surface area (Å²) in [7, 11) is 0. The first kappa shape index (κ1) is 14.8. The van der Waals surface area contributed by atoms with E-state index in [1.165, 1.54) is 24.5 Å². The molecule has 3 rings (SSSR count). The predicted octanol–water partition coefficient (Wildman–Crippen LogP) is 3.45. The minimum absolute atomic E-state index is 0.0767. The smallest absolute Gasteiger partial charge is 0.368 e. The number of hydrogen-bond donors (Lipinski definition) is 1. The molecule has 0 aliphatic heterocycles. The monoisotopic (exact) mass is 311 g/mol.